The molecule has 5 nitrogen and oxygen atoms in total. The third-order valence-corrected chi connectivity index (χ3v) is 4.97. The van der Waals surface area contributed by atoms with Crippen LogP contribution in [-0.2, 0) is 11.2 Å². The number of benzene rings is 2. The van der Waals surface area contributed by atoms with Gasteiger partial charge in [-0.25, -0.2) is 4.99 Å². The molecule has 2 aromatic carbocycles. The molecule has 1 N–H and O–H groups in total. The molecule has 1 atom stereocenters. The second-order valence-corrected chi connectivity index (χ2v) is 6.82. The highest BCUT2D eigenvalue weighted by atomic mass is 35.5. The number of fused-ring (bicyclic) bond motifs is 2. The first-order chi connectivity index (χ1) is 11.9. The summed E-state index contributed by atoms with van der Waals surface area (Å²) < 4.78 is 0. The second kappa shape index (κ2) is 5.41. The normalized spacial score (nSPS) is 21.4. The average Bonchev–Trinajstić information content (AvgIpc) is 2.82. The summed E-state index contributed by atoms with van der Waals surface area (Å²) in [5.74, 6) is 0.0730. The largest absolute Gasteiger partial charge is 0.381 e. The van der Waals surface area contributed by atoms with Crippen LogP contribution in [0.15, 0.2) is 41.4 Å². The Morgan fingerprint density at radius 3 is 2.88 bits per heavy atom. The number of hydrogen-bond donors (Lipinski definition) is 1. The van der Waals surface area contributed by atoms with E-state index in [9.17, 15) is 15.2 Å². The molecule has 2 aliphatic rings. The molecule has 2 aliphatic heterocycles. The topological polar surface area (TPSA) is 76.7 Å². The van der Waals surface area contributed by atoms with Crippen LogP contribution in [0.3, 0.4) is 0 Å². The molecule has 1 fully saturated rings. The zero-order valence-electron chi connectivity index (χ0n) is 13.5. The monoisotopic (exact) mass is 351 g/mol. The van der Waals surface area contributed by atoms with E-state index in [0.717, 1.165) is 5.56 Å². The summed E-state index contributed by atoms with van der Waals surface area (Å²) in [6.45, 7) is 1.79. The van der Waals surface area contributed by atoms with Crippen LogP contribution in [0.2, 0.25) is 5.02 Å². The number of anilines is 1. The number of aliphatic hydroxyl groups is 1. The Bertz CT molecular complexity index is 993. The van der Waals surface area contributed by atoms with Gasteiger partial charge in [-0.3, -0.25) is 9.69 Å². The molecule has 25 heavy (non-hydrogen) atoms. The summed E-state index contributed by atoms with van der Waals surface area (Å²) in [6.07, 6.45) is 0.231. The molecule has 0 aliphatic carbocycles. The lowest BCUT2D eigenvalue weighted by Gasteiger charge is -2.30. The van der Waals surface area contributed by atoms with Gasteiger partial charge in [0.05, 0.1) is 29.4 Å². The SMILES string of the molecule is Cc1c(C#N)cccc1N1C(=O)C[C@@]2(O)Cc3cc(Cl)ccc3N=C12. The minimum atomic E-state index is -1.36. The van der Waals surface area contributed by atoms with Crippen LogP contribution >= 0.6 is 11.6 Å². The van der Waals surface area contributed by atoms with Gasteiger partial charge in [0.1, 0.15) is 11.4 Å². The van der Waals surface area contributed by atoms with Gasteiger partial charge >= 0.3 is 0 Å². The highest BCUT2D eigenvalue weighted by molar-refractivity contribution is 6.31. The third-order valence-electron chi connectivity index (χ3n) is 4.74. The van der Waals surface area contributed by atoms with Gasteiger partial charge in [-0.1, -0.05) is 17.7 Å². The number of amides is 1. The van der Waals surface area contributed by atoms with Crippen molar-refractivity contribution in [2.24, 2.45) is 4.99 Å². The van der Waals surface area contributed by atoms with Gasteiger partial charge in [0.2, 0.25) is 5.91 Å². The van der Waals surface area contributed by atoms with E-state index in [1.165, 1.54) is 4.90 Å². The van der Waals surface area contributed by atoms with Crippen molar-refractivity contribution in [2.45, 2.75) is 25.4 Å². The van der Waals surface area contributed by atoms with Crippen molar-refractivity contribution in [3.63, 3.8) is 0 Å². The van der Waals surface area contributed by atoms with E-state index in [2.05, 4.69) is 11.1 Å². The van der Waals surface area contributed by atoms with E-state index in [1.54, 1.807) is 43.3 Å². The molecule has 2 aromatic rings. The van der Waals surface area contributed by atoms with E-state index in [4.69, 9.17) is 11.6 Å². The first-order valence-electron chi connectivity index (χ1n) is 7.85. The van der Waals surface area contributed by atoms with Crippen LogP contribution in [0.5, 0.6) is 0 Å². The third kappa shape index (κ3) is 2.34. The summed E-state index contributed by atoms with van der Waals surface area (Å²) in [5.41, 5.74) is 1.91. The number of aliphatic imine (C=N–C) groups is 1. The van der Waals surface area contributed by atoms with E-state index >= 15 is 0 Å². The number of halogens is 1. The van der Waals surface area contributed by atoms with E-state index in [0.29, 0.717) is 33.4 Å². The van der Waals surface area contributed by atoms with Crippen LogP contribution in [0.1, 0.15) is 23.1 Å². The van der Waals surface area contributed by atoms with Gasteiger partial charge < -0.3 is 5.11 Å². The van der Waals surface area contributed by atoms with Crippen LogP contribution in [-0.4, -0.2) is 22.5 Å². The molecule has 2 heterocycles. The smallest absolute Gasteiger partial charge is 0.235 e. The predicted molar refractivity (Wildman–Crippen MR) is 95.2 cm³/mol. The Morgan fingerprint density at radius 2 is 2.12 bits per heavy atom. The molecule has 0 saturated carbocycles. The molecule has 6 heteroatoms. The summed E-state index contributed by atoms with van der Waals surface area (Å²) in [4.78, 5) is 18.7. The minimum absolute atomic E-state index is 0.0476. The lowest BCUT2D eigenvalue weighted by atomic mass is 9.89. The van der Waals surface area contributed by atoms with E-state index in [1.807, 2.05) is 0 Å². The average molecular weight is 352 g/mol. The van der Waals surface area contributed by atoms with E-state index < -0.39 is 5.60 Å². The highest BCUT2D eigenvalue weighted by Crippen LogP contribution is 2.41. The number of amidine groups is 1. The van der Waals surface area contributed by atoms with Gasteiger partial charge in [0, 0.05) is 11.4 Å². The second-order valence-electron chi connectivity index (χ2n) is 6.38. The molecule has 1 saturated heterocycles. The number of nitrogens with zero attached hydrogens (tertiary/aromatic N) is 3. The Labute approximate surface area is 149 Å². The molecule has 4 rings (SSSR count). The van der Waals surface area contributed by atoms with Crippen molar-refractivity contribution < 1.29 is 9.90 Å². The summed E-state index contributed by atoms with van der Waals surface area (Å²) in [7, 11) is 0. The molecule has 0 radical (unpaired) electrons. The maximum absolute atomic E-state index is 12.7. The van der Waals surface area contributed by atoms with Crippen molar-refractivity contribution >= 4 is 34.7 Å². The van der Waals surface area contributed by atoms with Crippen molar-refractivity contribution in [3.05, 3.63) is 58.1 Å². The molecule has 0 aromatic heterocycles. The van der Waals surface area contributed by atoms with Gasteiger partial charge in [-0.05, 0) is 48.4 Å². The molecule has 0 unspecified atom stereocenters. The van der Waals surface area contributed by atoms with Crippen LogP contribution in [0, 0.1) is 18.3 Å². The Balaban J connectivity index is 1.90. The number of nitriles is 1. The molecule has 0 spiro atoms. The quantitative estimate of drug-likeness (QED) is 0.856. The van der Waals surface area contributed by atoms with Crippen molar-refractivity contribution in [1.29, 1.82) is 5.26 Å². The maximum Gasteiger partial charge on any atom is 0.235 e. The number of rotatable bonds is 1. The van der Waals surface area contributed by atoms with E-state index in [-0.39, 0.29) is 18.7 Å². The zero-order chi connectivity index (χ0) is 17.8. The Hall–Kier alpha value is -2.68. The first-order valence-corrected chi connectivity index (χ1v) is 8.23. The van der Waals surface area contributed by atoms with Crippen LogP contribution < -0.4 is 4.90 Å². The van der Waals surface area contributed by atoms with Crippen molar-refractivity contribution in [3.8, 4) is 6.07 Å². The summed E-state index contributed by atoms with van der Waals surface area (Å²) >= 11 is 6.03. The van der Waals surface area contributed by atoms with Gasteiger partial charge in [-0.2, -0.15) is 5.26 Å². The van der Waals surface area contributed by atoms with Crippen molar-refractivity contribution in [1.82, 2.24) is 0 Å². The molecule has 124 valence electrons. The summed E-state index contributed by atoms with van der Waals surface area (Å²) in [6, 6.07) is 12.6. The number of carbonyl (C=O) groups is 1. The minimum Gasteiger partial charge on any atom is -0.381 e. The Morgan fingerprint density at radius 1 is 1.32 bits per heavy atom. The number of hydrogen-bond acceptors (Lipinski definition) is 4. The molecular weight excluding hydrogens is 338 g/mol. The first kappa shape index (κ1) is 15.8. The fourth-order valence-corrected chi connectivity index (χ4v) is 3.69. The van der Waals surface area contributed by atoms with Gasteiger partial charge in [0.15, 0.2) is 0 Å². The van der Waals surface area contributed by atoms with Gasteiger partial charge in [-0.15, -0.1) is 0 Å². The maximum atomic E-state index is 12.7. The van der Waals surface area contributed by atoms with Crippen molar-refractivity contribution in [2.75, 3.05) is 4.90 Å². The summed E-state index contributed by atoms with van der Waals surface area (Å²) in [5, 5.41) is 20.9. The zero-order valence-corrected chi connectivity index (χ0v) is 14.2. The lowest BCUT2D eigenvalue weighted by molar-refractivity contribution is -0.118. The molecule has 1 amide bonds. The van der Waals surface area contributed by atoms with Gasteiger partial charge in [0.25, 0.3) is 0 Å². The fourth-order valence-electron chi connectivity index (χ4n) is 3.50. The number of carbonyl (C=O) groups excluding carboxylic acids is 1. The molecule has 0 bridgehead atoms. The van der Waals surface area contributed by atoms with Crippen LogP contribution in [0.25, 0.3) is 0 Å². The lowest BCUT2D eigenvalue weighted by Crippen LogP contribution is -2.44. The predicted octanol–water partition coefficient (Wildman–Crippen LogP) is 3.27. The molecular formula is C19H14ClN3O2. The fraction of sp³-hybridized carbons (Fsp3) is 0.211. The Kier molecular flexibility index (Phi) is 3.43. The standard InChI is InChI=1S/C19H14ClN3O2/c1-11-12(10-21)3-2-4-16(11)23-17(24)9-19(25)8-13-7-14(20)5-6-15(13)22-18(19)23/h2-7,25H,8-9H2,1H3/t19-/m0/s1. The van der Waals surface area contributed by atoms with Crippen LogP contribution in [0.4, 0.5) is 11.4 Å². The highest BCUT2D eigenvalue weighted by Gasteiger charge is 2.51.